The molecule has 1 heterocycles. The van der Waals surface area contributed by atoms with E-state index in [0.717, 1.165) is 32.8 Å². The molecule has 2 aromatic carbocycles. The molecule has 0 aliphatic heterocycles. The minimum Gasteiger partial charge on any atom is -0.278 e. The number of aromatic nitrogens is 2. The number of aryl methyl sites for hydroxylation is 2. The SMILES string of the molecule is Cc1cc(/C(=N\Nc2ccc(Br)cc2)c2ccc(Cl)cc2)nc(C)n1. The first-order valence-electron chi connectivity index (χ1n) is 7.69. The van der Waals surface area contributed by atoms with E-state index in [9.17, 15) is 0 Å². The van der Waals surface area contributed by atoms with Crippen molar-refractivity contribution in [3.05, 3.63) is 86.9 Å². The van der Waals surface area contributed by atoms with Gasteiger partial charge in [-0.3, -0.25) is 5.43 Å². The molecule has 25 heavy (non-hydrogen) atoms. The second-order valence-electron chi connectivity index (χ2n) is 5.53. The maximum absolute atomic E-state index is 6.02. The Hall–Kier alpha value is -2.24. The number of benzene rings is 2. The van der Waals surface area contributed by atoms with E-state index in [1.54, 1.807) is 0 Å². The number of hydrazone groups is 1. The largest absolute Gasteiger partial charge is 0.278 e. The Bertz CT molecular complexity index is 885. The number of halogens is 2. The van der Waals surface area contributed by atoms with Crippen molar-refractivity contribution >= 4 is 38.9 Å². The van der Waals surface area contributed by atoms with Crippen LogP contribution in [-0.4, -0.2) is 15.7 Å². The van der Waals surface area contributed by atoms with E-state index in [-0.39, 0.29) is 0 Å². The number of anilines is 1. The second-order valence-corrected chi connectivity index (χ2v) is 6.88. The summed E-state index contributed by atoms with van der Waals surface area (Å²) < 4.78 is 1.02. The Labute approximate surface area is 160 Å². The molecule has 1 N–H and O–H groups in total. The Morgan fingerprint density at radius 1 is 1.00 bits per heavy atom. The van der Waals surface area contributed by atoms with Gasteiger partial charge in [-0.25, -0.2) is 9.97 Å². The van der Waals surface area contributed by atoms with Crippen LogP contribution in [0.2, 0.25) is 5.02 Å². The molecule has 3 aromatic rings. The van der Waals surface area contributed by atoms with Crippen molar-refractivity contribution in [2.24, 2.45) is 5.10 Å². The van der Waals surface area contributed by atoms with Crippen LogP contribution in [0.25, 0.3) is 0 Å². The zero-order valence-electron chi connectivity index (χ0n) is 13.8. The normalized spacial score (nSPS) is 11.4. The zero-order chi connectivity index (χ0) is 17.8. The van der Waals surface area contributed by atoms with Crippen molar-refractivity contribution in [1.29, 1.82) is 0 Å². The summed E-state index contributed by atoms with van der Waals surface area (Å²) in [4.78, 5) is 8.88. The lowest BCUT2D eigenvalue weighted by atomic mass is 10.1. The van der Waals surface area contributed by atoms with Crippen molar-refractivity contribution in [3.63, 3.8) is 0 Å². The second kappa shape index (κ2) is 7.76. The van der Waals surface area contributed by atoms with Crippen LogP contribution in [0.3, 0.4) is 0 Å². The van der Waals surface area contributed by atoms with E-state index in [4.69, 9.17) is 11.6 Å². The number of nitrogens with zero attached hydrogens (tertiary/aromatic N) is 3. The summed E-state index contributed by atoms with van der Waals surface area (Å²) in [6, 6.07) is 17.3. The molecule has 1 aromatic heterocycles. The van der Waals surface area contributed by atoms with Crippen LogP contribution in [-0.2, 0) is 0 Å². The Morgan fingerprint density at radius 2 is 1.68 bits per heavy atom. The van der Waals surface area contributed by atoms with Gasteiger partial charge in [-0.05, 0) is 56.3 Å². The monoisotopic (exact) mass is 414 g/mol. The van der Waals surface area contributed by atoms with Crippen LogP contribution in [0.1, 0.15) is 22.8 Å². The lowest BCUT2D eigenvalue weighted by Gasteiger charge is -2.09. The van der Waals surface area contributed by atoms with Crippen LogP contribution in [0.5, 0.6) is 0 Å². The van der Waals surface area contributed by atoms with Crippen molar-refractivity contribution < 1.29 is 0 Å². The van der Waals surface area contributed by atoms with Gasteiger partial charge in [0, 0.05) is 20.8 Å². The molecule has 0 atom stereocenters. The summed E-state index contributed by atoms with van der Waals surface area (Å²) in [5.41, 5.74) is 7.29. The maximum atomic E-state index is 6.02. The predicted molar refractivity (Wildman–Crippen MR) is 106 cm³/mol. The number of rotatable bonds is 4. The summed E-state index contributed by atoms with van der Waals surface area (Å²) in [6.07, 6.45) is 0. The third-order valence-electron chi connectivity index (χ3n) is 3.47. The van der Waals surface area contributed by atoms with Gasteiger partial charge >= 0.3 is 0 Å². The van der Waals surface area contributed by atoms with Crippen molar-refractivity contribution in [2.45, 2.75) is 13.8 Å². The predicted octanol–water partition coefficient (Wildman–Crippen LogP) is 5.37. The van der Waals surface area contributed by atoms with Gasteiger partial charge in [-0.15, -0.1) is 0 Å². The van der Waals surface area contributed by atoms with Gasteiger partial charge in [-0.2, -0.15) is 5.10 Å². The third kappa shape index (κ3) is 4.65. The first-order chi connectivity index (χ1) is 12.0. The van der Waals surface area contributed by atoms with Crippen LogP contribution >= 0.6 is 27.5 Å². The topological polar surface area (TPSA) is 50.2 Å². The molecule has 3 rings (SSSR count). The Morgan fingerprint density at radius 3 is 2.32 bits per heavy atom. The smallest absolute Gasteiger partial charge is 0.126 e. The Kier molecular flexibility index (Phi) is 5.46. The van der Waals surface area contributed by atoms with Gasteiger partial charge in [-0.1, -0.05) is 39.7 Å². The molecule has 0 unspecified atom stereocenters. The number of nitrogens with one attached hydrogen (secondary N) is 1. The molecule has 0 saturated heterocycles. The lowest BCUT2D eigenvalue weighted by Crippen LogP contribution is -2.11. The standard InChI is InChI=1S/C19H16BrClN4/c1-12-11-18(23-13(2)22-12)19(14-3-7-16(21)8-4-14)25-24-17-9-5-15(20)6-10-17/h3-11,24H,1-2H3/b25-19-. The van der Waals surface area contributed by atoms with Gasteiger partial charge in [0.05, 0.1) is 11.4 Å². The average molecular weight is 416 g/mol. The van der Waals surface area contributed by atoms with Gasteiger partial charge in [0.1, 0.15) is 11.5 Å². The Balaban J connectivity index is 2.03. The molecule has 126 valence electrons. The van der Waals surface area contributed by atoms with E-state index < -0.39 is 0 Å². The maximum Gasteiger partial charge on any atom is 0.126 e. The highest BCUT2D eigenvalue weighted by Gasteiger charge is 2.11. The fourth-order valence-electron chi connectivity index (χ4n) is 2.36. The minimum absolute atomic E-state index is 0.680. The molecule has 0 bridgehead atoms. The molecule has 0 fully saturated rings. The fourth-order valence-corrected chi connectivity index (χ4v) is 2.75. The highest BCUT2D eigenvalue weighted by molar-refractivity contribution is 9.10. The summed E-state index contributed by atoms with van der Waals surface area (Å²) >= 11 is 9.44. The fraction of sp³-hybridized carbons (Fsp3) is 0.105. The van der Waals surface area contributed by atoms with Crippen molar-refractivity contribution in [3.8, 4) is 0 Å². The molecular formula is C19H16BrClN4. The van der Waals surface area contributed by atoms with Crippen molar-refractivity contribution in [1.82, 2.24) is 9.97 Å². The summed E-state index contributed by atoms with van der Waals surface area (Å²) in [5.74, 6) is 0.709. The van der Waals surface area contributed by atoms with Crippen LogP contribution in [0.15, 0.2) is 64.2 Å². The minimum atomic E-state index is 0.680. The van der Waals surface area contributed by atoms with Crippen LogP contribution in [0, 0.1) is 13.8 Å². The molecule has 0 aliphatic rings. The molecule has 6 heteroatoms. The molecule has 0 amide bonds. The van der Waals surface area contributed by atoms with Gasteiger partial charge in [0.2, 0.25) is 0 Å². The summed E-state index contributed by atoms with van der Waals surface area (Å²) in [7, 11) is 0. The quantitative estimate of drug-likeness (QED) is 0.460. The van der Waals surface area contributed by atoms with Gasteiger partial charge in [0.15, 0.2) is 0 Å². The van der Waals surface area contributed by atoms with E-state index in [0.29, 0.717) is 10.8 Å². The number of hydrogen-bond acceptors (Lipinski definition) is 4. The van der Waals surface area contributed by atoms with Crippen LogP contribution in [0.4, 0.5) is 5.69 Å². The van der Waals surface area contributed by atoms with E-state index in [1.165, 1.54) is 0 Å². The zero-order valence-corrected chi connectivity index (χ0v) is 16.1. The van der Waals surface area contributed by atoms with E-state index in [2.05, 4.69) is 36.4 Å². The van der Waals surface area contributed by atoms with Gasteiger partial charge < -0.3 is 0 Å². The van der Waals surface area contributed by atoms with Crippen LogP contribution < -0.4 is 5.43 Å². The molecule has 4 nitrogen and oxygen atoms in total. The molecule has 0 radical (unpaired) electrons. The summed E-state index contributed by atoms with van der Waals surface area (Å²) in [6.45, 7) is 3.82. The first-order valence-corrected chi connectivity index (χ1v) is 8.86. The van der Waals surface area contributed by atoms with Crippen molar-refractivity contribution in [2.75, 3.05) is 5.43 Å². The molecular weight excluding hydrogens is 400 g/mol. The summed E-state index contributed by atoms with van der Waals surface area (Å²) in [5, 5.41) is 5.27. The average Bonchev–Trinajstić information content (AvgIpc) is 2.57. The highest BCUT2D eigenvalue weighted by Crippen LogP contribution is 2.17. The van der Waals surface area contributed by atoms with E-state index >= 15 is 0 Å². The molecule has 0 aliphatic carbocycles. The third-order valence-corrected chi connectivity index (χ3v) is 4.25. The lowest BCUT2D eigenvalue weighted by molar-refractivity contribution is 1.00. The number of hydrogen-bond donors (Lipinski definition) is 1. The molecule has 0 saturated carbocycles. The van der Waals surface area contributed by atoms with E-state index in [1.807, 2.05) is 68.4 Å². The first kappa shape index (κ1) is 17.6. The highest BCUT2D eigenvalue weighted by atomic mass is 79.9. The molecule has 0 spiro atoms. The van der Waals surface area contributed by atoms with Gasteiger partial charge in [0.25, 0.3) is 0 Å².